The van der Waals surface area contributed by atoms with Crippen molar-refractivity contribution in [3.05, 3.63) is 104 Å². The number of aromatic nitrogens is 4. The fourth-order valence-corrected chi connectivity index (χ4v) is 7.11. The van der Waals surface area contributed by atoms with Crippen molar-refractivity contribution in [1.29, 1.82) is 0 Å². The fraction of sp³-hybridized carbons (Fsp3) is 0.265. The van der Waals surface area contributed by atoms with Gasteiger partial charge in [0, 0.05) is 53.7 Å². The number of allylic oxidation sites excluding steroid dienone is 1. The van der Waals surface area contributed by atoms with Crippen LogP contribution in [-0.2, 0) is 31.3 Å². The van der Waals surface area contributed by atoms with Gasteiger partial charge < -0.3 is 20.3 Å². The predicted octanol–water partition coefficient (Wildman–Crippen LogP) is 5.41. The molecule has 236 valence electrons. The summed E-state index contributed by atoms with van der Waals surface area (Å²) in [7, 11) is 1.57. The molecule has 1 aliphatic carbocycles. The number of rotatable bonds is 11. The van der Waals surface area contributed by atoms with Gasteiger partial charge in [0.2, 0.25) is 0 Å². The third-order valence-corrected chi connectivity index (χ3v) is 9.41. The highest BCUT2D eigenvalue weighted by Crippen LogP contribution is 2.35. The summed E-state index contributed by atoms with van der Waals surface area (Å²) in [6.45, 7) is 3.50. The molecule has 6 rings (SSSR count). The van der Waals surface area contributed by atoms with E-state index >= 15 is 4.39 Å². The summed E-state index contributed by atoms with van der Waals surface area (Å²) in [5, 5.41) is 22.0. The molecule has 3 N–H and O–H groups in total. The Labute approximate surface area is 267 Å². The molecule has 0 saturated carbocycles. The molecule has 0 atom stereocenters. The molecule has 10 nitrogen and oxygen atoms in total. The number of benzene rings is 1. The molecule has 0 amide bonds. The zero-order valence-corrected chi connectivity index (χ0v) is 26.1. The van der Waals surface area contributed by atoms with Crippen LogP contribution in [0.5, 0.6) is 0 Å². The lowest BCUT2D eigenvalue weighted by Gasteiger charge is -2.17. The molecule has 0 spiro atoms. The van der Waals surface area contributed by atoms with Gasteiger partial charge in [-0.1, -0.05) is 12.6 Å². The number of pyridine rings is 2. The smallest absolute Gasteiger partial charge is 0.289 e. The SMILES string of the molecule is C=CC(=O)CCCNc1cccc(Nc2cc(-c3cc(F)cc(-n4ncc5c6c(sc5c4=O)CCCC6)c3CO)cn(C)c2=O)n1. The monoisotopic (exact) mass is 640 g/mol. The lowest BCUT2D eigenvalue weighted by molar-refractivity contribution is -0.114. The van der Waals surface area contributed by atoms with Crippen molar-refractivity contribution in [3.63, 3.8) is 0 Å². The molecule has 0 bridgehead atoms. The molecule has 1 aromatic carbocycles. The maximum Gasteiger partial charge on any atom is 0.289 e. The Morgan fingerprint density at radius 2 is 1.96 bits per heavy atom. The number of thiophene rings is 1. The van der Waals surface area contributed by atoms with Gasteiger partial charge in [-0.15, -0.1) is 11.3 Å². The summed E-state index contributed by atoms with van der Waals surface area (Å²) in [5.41, 5.74) is 1.82. The number of aliphatic hydroxyl groups is 1. The van der Waals surface area contributed by atoms with E-state index in [4.69, 9.17) is 0 Å². The fourth-order valence-electron chi connectivity index (χ4n) is 5.83. The van der Waals surface area contributed by atoms with E-state index < -0.39 is 12.4 Å². The third-order valence-electron chi connectivity index (χ3n) is 8.12. The first-order valence-corrected chi connectivity index (χ1v) is 15.9. The number of nitrogens with one attached hydrogen (secondary N) is 2. The number of ketones is 1. The first kappa shape index (κ1) is 31.1. The lowest BCUT2D eigenvalue weighted by Crippen LogP contribution is -2.22. The first-order valence-electron chi connectivity index (χ1n) is 15.1. The summed E-state index contributed by atoms with van der Waals surface area (Å²) in [4.78, 5) is 44.0. The van der Waals surface area contributed by atoms with Gasteiger partial charge in [0.05, 0.1) is 18.5 Å². The quantitative estimate of drug-likeness (QED) is 0.129. The molecule has 5 aromatic rings. The Morgan fingerprint density at radius 1 is 1.15 bits per heavy atom. The molecule has 12 heteroatoms. The van der Waals surface area contributed by atoms with Crippen LogP contribution in [0.25, 0.3) is 26.9 Å². The van der Waals surface area contributed by atoms with Crippen LogP contribution in [0.1, 0.15) is 41.7 Å². The molecule has 46 heavy (non-hydrogen) atoms. The number of halogens is 1. The lowest BCUT2D eigenvalue weighted by atomic mass is 9.97. The van der Waals surface area contributed by atoms with E-state index in [9.17, 15) is 19.5 Å². The van der Waals surface area contributed by atoms with Crippen LogP contribution in [-0.4, -0.2) is 36.8 Å². The highest BCUT2D eigenvalue weighted by atomic mass is 32.1. The van der Waals surface area contributed by atoms with Crippen molar-refractivity contribution >= 4 is 44.5 Å². The van der Waals surface area contributed by atoms with E-state index in [2.05, 4.69) is 27.3 Å². The van der Waals surface area contributed by atoms with E-state index in [1.54, 1.807) is 43.7 Å². The maximum absolute atomic E-state index is 15.3. The van der Waals surface area contributed by atoms with Crippen LogP contribution in [0.15, 0.2) is 71.0 Å². The Balaban J connectivity index is 1.35. The topological polar surface area (TPSA) is 131 Å². The molecule has 0 radical (unpaired) electrons. The Kier molecular flexibility index (Phi) is 8.91. The summed E-state index contributed by atoms with van der Waals surface area (Å²) < 4.78 is 18.3. The van der Waals surface area contributed by atoms with Crippen LogP contribution in [0.3, 0.4) is 0 Å². The zero-order valence-electron chi connectivity index (χ0n) is 25.3. The minimum Gasteiger partial charge on any atom is -0.392 e. The molecule has 0 saturated heterocycles. The van der Waals surface area contributed by atoms with Crippen LogP contribution in [0.4, 0.5) is 21.7 Å². The average molecular weight is 641 g/mol. The van der Waals surface area contributed by atoms with Crippen LogP contribution in [0.2, 0.25) is 0 Å². The van der Waals surface area contributed by atoms with Gasteiger partial charge in [0.15, 0.2) is 5.78 Å². The van der Waals surface area contributed by atoms with Crippen LogP contribution < -0.4 is 21.8 Å². The van der Waals surface area contributed by atoms with Gasteiger partial charge in [-0.3, -0.25) is 14.4 Å². The highest BCUT2D eigenvalue weighted by Gasteiger charge is 2.22. The molecule has 0 unspecified atom stereocenters. The summed E-state index contributed by atoms with van der Waals surface area (Å²) in [5.74, 6) is 0.301. The van der Waals surface area contributed by atoms with E-state index in [-0.39, 0.29) is 28.3 Å². The number of anilines is 3. The third kappa shape index (κ3) is 6.13. The first-order chi connectivity index (χ1) is 22.3. The number of hydrogen-bond acceptors (Lipinski definition) is 9. The zero-order chi connectivity index (χ0) is 32.4. The molecular formula is C34H33FN6O4S. The normalized spacial score (nSPS) is 12.6. The van der Waals surface area contributed by atoms with E-state index in [0.29, 0.717) is 52.4 Å². The van der Waals surface area contributed by atoms with Gasteiger partial charge in [-0.25, -0.2) is 9.37 Å². The predicted molar refractivity (Wildman–Crippen MR) is 179 cm³/mol. The van der Waals surface area contributed by atoms with Crippen molar-refractivity contribution in [2.75, 3.05) is 17.2 Å². The number of hydrogen-bond donors (Lipinski definition) is 3. The van der Waals surface area contributed by atoms with Gasteiger partial charge in [0.1, 0.15) is 27.8 Å². The van der Waals surface area contributed by atoms with Gasteiger partial charge in [-0.05, 0) is 73.6 Å². The van der Waals surface area contributed by atoms with E-state index in [1.165, 1.54) is 44.6 Å². The number of carbonyl (C=O) groups excluding carboxylic acids is 1. The van der Waals surface area contributed by atoms with Crippen LogP contribution >= 0.6 is 11.3 Å². The van der Waals surface area contributed by atoms with E-state index in [1.807, 2.05) is 0 Å². The summed E-state index contributed by atoms with van der Waals surface area (Å²) >= 11 is 1.46. The highest BCUT2D eigenvalue weighted by molar-refractivity contribution is 7.19. The van der Waals surface area contributed by atoms with Crippen molar-refractivity contribution in [2.24, 2.45) is 7.05 Å². The van der Waals surface area contributed by atoms with Crippen molar-refractivity contribution in [1.82, 2.24) is 19.3 Å². The van der Waals surface area contributed by atoms with Crippen molar-refractivity contribution < 1.29 is 14.3 Å². The average Bonchev–Trinajstić information content (AvgIpc) is 3.44. The molecule has 0 fully saturated rings. The minimum atomic E-state index is -0.625. The Morgan fingerprint density at radius 3 is 2.76 bits per heavy atom. The molecular weight excluding hydrogens is 607 g/mol. The Bertz CT molecular complexity index is 2100. The Hall–Kier alpha value is -4.94. The largest absolute Gasteiger partial charge is 0.392 e. The molecule has 0 aliphatic heterocycles. The second-order valence-corrected chi connectivity index (χ2v) is 12.3. The van der Waals surface area contributed by atoms with Crippen LogP contribution in [0, 0.1) is 5.82 Å². The maximum atomic E-state index is 15.3. The van der Waals surface area contributed by atoms with E-state index in [0.717, 1.165) is 35.8 Å². The molecule has 4 heterocycles. The second kappa shape index (κ2) is 13.2. The minimum absolute atomic E-state index is 0.0269. The van der Waals surface area contributed by atoms with Gasteiger partial charge >= 0.3 is 0 Å². The van der Waals surface area contributed by atoms with Crippen molar-refractivity contribution in [3.8, 4) is 16.8 Å². The summed E-state index contributed by atoms with van der Waals surface area (Å²) in [6.07, 6.45) is 9.49. The number of aliphatic hydroxyl groups excluding tert-OH is 1. The van der Waals surface area contributed by atoms with Gasteiger partial charge in [-0.2, -0.15) is 9.78 Å². The number of nitrogens with zero attached hydrogens (tertiary/aromatic N) is 4. The second-order valence-electron chi connectivity index (χ2n) is 11.2. The van der Waals surface area contributed by atoms with Gasteiger partial charge in [0.25, 0.3) is 11.1 Å². The summed E-state index contributed by atoms with van der Waals surface area (Å²) in [6, 6.07) is 9.28. The number of fused-ring (bicyclic) bond motifs is 3. The number of carbonyl (C=O) groups is 1. The molecule has 1 aliphatic rings. The van der Waals surface area contributed by atoms with Crippen molar-refractivity contribution in [2.45, 2.75) is 45.1 Å². The number of aryl methyl sites for hydroxylation is 3. The standard InChI is InChI=1S/C34H33FN6O4S/c1-3-22(43)8-7-13-36-30-11-6-12-31(39-30)38-27-14-20(18-40(2)33(27)44)24-15-21(35)16-28(26(24)19-42)41-34(45)32-25(17-37-41)23-9-4-5-10-29(23)46-32/h3,6,11-12,14-18,42H,1,4-5,7-10,13,19H2,2H3,(H2,36,38,39). The molecule has 4 aromatic heterocycles.